The van der Waals surface area contributed by atoms with E-state index in [4.69, 9.17) is 4.99 Å². The number of hydrogen-bond acceptors (Lipinski definition) is 3. The zero-order valence-electron chi connectivity index (χ0n) is 16.3. The largest absolute Gasteiger partial charge is 0.357 e. The average molecular weight is 490 g/mol. The van der Waals surface area contributed by atoms with Crippen molar-refractivity contribution >= 4 is 29.9 Å². The van der Waals surface area contributed by atoms with Crippen LogP contribution in [0.2, 0.25) is 0 Å². The Labute approximate surface area is 183 Å². The third kappa shape index (κ3) is 6.95. The summed E-state index contributed by atoms with van der Waals surface area (Å²) in [5.41, 5.74) is 4.86. The van der Waals surface area contributed by atoms with Crippen LogP contribution in [0, 0.1) is 6.92 Å². The molecule has 6 nitrogen and oxygen atoms in total. The minimum absolute atomic E-state index is 0. The molecule has 0 radical (unpaired) electrons. The third-order valence-corrected chi connectivity index (χ3v) is 4.11. The molecule has 7 heteroatoms. The molecule has 0 atom stereocenters. The van der Waals surface area contributed by atoms with Crippen molar-refractivity contribution < 1.29 is 0 Å². The Balaban J connectivity index is 0.00000280. The van der Waals surface area contributed by atoms with Crippen molar-refractivity contribution in [3.05, 3.63) is 83.4 Å². The highest BCUT2D eigenvalue weighted by Crippen LogP contribution is 2.07. The topological polar surface area (TPSA) is 67.1 Å². The van der Waals surface area contributed by atoms with Gasteiger partial charge in [0.25, 0.3) is 0 Å². The fraction of sp³-hybridized carbons (Fsp3) is 0.286. The van der Waals surface area contributed by atoms with E-state index in [1.165, 1.54) is 22.3 Å². The second kappa shape index (κ2) is 11.4. The van der Waals surface area contributed by atoms with Crippen LogP contribution in [-0.2, 0) is 19.6 Å². The fourth-order valence-electron chi connectivity index (χ4n) is 2.85. The summed E-state index contributed by atoms with van der Waals surface area (Å²) < 4.78 is 1.82. The van der Waals surface area contributed by atoms with Crippen LogP contribution in [0.5, 0.6) is 0 Å². The van der Waals surface area contributed by atoms with Crippen molar-refractivity contribution in [2.45, 2.75) is 33.5 Å². The van der Waals surface area contributed by atoms with Crippen LogP contribution in [0.4, 0.5) is 0 Å². The van der Waals surface area contributed by atoms with Gasteiger partial charge in [0.1, 0.15) is 12.7 Å². The van der Waals surface area contributed by atoms with Crippen LogP contribution in [0.3, 0.4) is 0 Å². The standard InChI is InChI=1S/C21H26N6.HI/c1-3-23-21(24-12-18-7-4-6-17(2)10-18)25-13-19-8-5-9-20(11-19)14-27-16-22-15-26-27;/h4-11,15-16H,3,12-14H2,1-2H3,(H2,23,24,25);1H. The van der Waals surface area contributed by atoms with Crippen LogP contribution in [-0.4, -0.2) is 27.3 Å². The molecule has 1 heterocycles. The van der Waals surface area contributed by atoms with Crippen molar-refractivity contribution in [1.82, 2.24) is 25.4 Å². The minimum atomic E-state index is 0. The van der Waals surface area contributed by atoms with Crippen LogP contribution in [0.25, 0.3) is 0 Å². The lowest BCUT2D eigenvalue weighted by Gasteiger charge is -2.12. The smallest absolute Gasteiger partial charge is 0.191 e. The monoisotopic (exact) mass is 490 g/mol. The van der Waals surface area contributed by atoms with Crippen LogP contribution in [0.1, 0.15) is 29.2 Å². The van der Waals surface area contributed by atoms with E-state index in [0.29, 0.717) is 13.1 Å². The molecule has 0 fully saturated rings. The molecule has 2 aromatic carbocycles. The number of guanidine groups is 1. The van der Waals surface area contributed by atoms with Gasteiger partial charge in [0.05, 0.1) is 13.1 Å². The molecule has 3 rings (SSSR count). The molecular formula is C21H27IN6. The van der Waals surface area contributed by atoms with E-state index in [-0.39, 0.29) is 24.0 Å². The number of rotatable bonds is 7. The maximum atomic E-state index is 4.70. The summed E-state index contributed by atoms with van der Waals surface area (Å²) in [5, 5.41) is 10.9. The molecule has 1 aromatic heterocycles. The lowest BCUT2D eigenvalue weighted by Crippen LogP contribution is -2.36. The van der Waals surface area contributed by atoms with Crippen molar-refractivity contribution in [2.75, 3.05) is 6.54 Å². The molecule has 0 spiro atoms. The van der Waals surface area contributed by atoms with E-state index in [1.54, 1.807) is 12.7 Å². The van der Waals surface area contributed by atoms with Gasteiger partial charge in [-0.25, -0.2) is 14.7 Å². The Morgan fingerprint density at radius 2 is 1.82 bits per heavy atom. The number of nitrogens with zero attached hydrogens (tertiary/aromatic N) is 4. The van der Waals surface area contributed by atoms with Crippen LogP contribution in [0.15, 0.2) is 66.2 Å². The molecule has 28 heavy (non-hydrogen) atoms. The minimum Gasteiger partial charge on any atom is -0.357 e. The van der Waals surface area contributed by atoms with Crippen molar-refractivity contribution in [2.24, 2.45) is 4.99 Å². The van der Waals surface area contributed by atoms with Crippen molar-refractivity contribution in [1.29, 1.82) is 0 Å². The molecule has 0 aliphatic rings. The lowest BCUT2D eigenvalue weighted by molar-refractivity contribution is 0.683. The molecule has 0 unspecified atom stereocenters. The number of aromatic nitrogens is 3. The van der Waals surface area contributed by atoms with Crippen LogP contribution >= 0.6 is 24.0 Å². The summed E-state index contributed by atoms with van der Waals surface area (Å²) >= 11 is 0. The van der Waals surface area contributed by atoms with Gasteiger partial charge in [-0.1, -0.05) is 54.1 Å². The normalized spacial score (nSPS) is 11.0. The van der Waals surface area contributed by atoms with Gasteiger partial charge in [-0.3, -0.25) is 0 Å². The van der Waals surface area contributed by atoms with E-state index in [9.17, 15) is 0 Å². The highest BCUT2D eigenvalue weighted by Gasteiger charge is 2.01. The highest BCUT2D eigenvalue weighted by atomic mass is 127. The Bertz CT molecular complexity index is 876. The molecule has 0 aliphatic carbocycles. The predicted octanol–water partition coefficient (Wildman–Crippen LogP) is 3.51. The van der Waals surface area contributed by atoms with Gasteiger partial charge in [0.15, 0.2) is 5.96 Å². The Kier molecular flexibility index (Phi) is 8.93. The van der Waals surface area contributed by atoms with Gasteiger partial charge >= 0.3 is 0 Å². The molecule has 3 aromatic rings. The van der Waals surface area contributed by atoms with Gasteiger partial charge in [0, 0.05) is 13.1 Å². The summed E-state index contributed by atoms with van der Waals surface area (Å²) in [5.74, 6) is 0.820. The molecule has 0 saturated heterocycles. The second-order valence-electron chi connectivity index (χ2n) is 6.45. The summed E-state index contributed by atoms with van der Waals surface area (Å²) in [6, 6.07) is 16.9. The first-order valence-corrected chi connectivity index (χ1v) is 9.21. The first-order chi connectivity index (χ1) is 13.2. The summed E-state index contributed by atoms with van der Waals surface area (Å²) in [6.07, 6.45) is 3.28. The number of benzene rings is 2. The molecule has 148 valence electrons. The van der Waals surface area contributed by atoms with E-state index in [2.05, 4.69) is 83.1 Å². The lowest BCUT2D eigenvalue weighted by atomic mass is 10.1. The zero-order valence-corrected chi connectivity index (χ0v) is 18.6. The summed E-state index contributed by atoms with van der Waals surface area (Å²) in [6.45, 7) is 7.08. The maximum Gasteiger partial charge on any atom is 0.191 e. The van der Waals surface area contributed by atoms with Gasteiger partial charge in [-0.15, -0.1) is 24.0 Å². The molecule has 0 amide bonds. The fourth-order valence-corrected chi connectivity index (χ4v) is 2.85. The van der Waals surface area contributed by atoms with E-state index < -0.39 is 0 Å². The van der Waals surface area contributed by atoms with Crippen LogP contribution < -0.4 is 10.6 Å². The number of aryl methyl sites for hydroxylation is 1. The molecule has 0 bridgehead atoms. The molecule has 0 saturated carbocycles. The van der Waals surface area contributed by atoms with E-state index in [0.717, 1.165) is 19.0 Å². The van der Waals surface area contributed by atoms with Gasteiger partial charge in [-0.05, 0) is 30.5 Å². The second-order valence-corrected chi connectivity index (χ2v) is 6.45. The number of aliphatic imine (C=N–C) groups is 1. The number of nitrogens with one attached hydrogen (secondary N) is 2. The summed E-state index contributed by atoms with van der Waals surface area (Å²) in [7, 11) is 0. The first-order valence-electron chi connectivity index (χ1n) is 9.21. The third-order valence-electron chi connectivity index (χ3n) is 4.11. The quantitative estimate of drug-likeness (QED) is 0.302. The molecular weight excluding hydrogens is 463 g/mol. The van der Waals surface area contributed by atoms with Crippen molar-refractivity contribution in [3.63, 3.8) is 0 Å². The summed E-state index contributed by atoms with van der Waals surface area (Å²) in [4.78, 5) is 8.68. The maximum absolute atomic E-state index is 4.70. The van der Waals surface area contributed by atoms with Gasteiger partial charge < -0.3 is 10.6 Å². The van der Waals surface area contributed by atoms with E-state index in [1.807, 2.05) is 4.68 Å². The molecule has 0 aliphatic heterocycles. The number of halogens is 1. The first kappa shape index (κ1) is 21.9. The Morgan fingerprint density at radius 3 is 2.57 bits per heavy atom. The Morgan fingerprint density at radius 1 is 1.04 bits per heavy atom. The molecule has 2 N–H and O–H groups in total. The average Bonchev–Trinajstić information content (AvgIpc) is 3.17. The van der Waals surface area contributed by atoms with Crippen molar-refractivity contribution in [3.8, 4) is 0 Å². The zero-order chi connectivity index (χ0) is 18.9. The van der Waals surface area contributed by atoms with Gasteiger partial charge in [-0.2, -0.15) is 5.10 Å². The predicted molar refractivity (Wildman–Crippen MR) is 124 cm³/mol. The number of hydrogen-bond donors (Lipinski definition) is 2. The highest BCUT2D eigenvalue weighted by molar-refractivity contribution is 14.0. The Hall–Kier alpha value is -2.42. The SMILES string of the molecule is CCNC(=NCc1cccc(C)c1)NCc1cccc(Cn2cncn2)c1.I. The van der Waals surface area contributed by atoms with Gasteiger partial charge in [0.2, 0.25) is 0 Å². The van der Waals surface area contributed by atoms with E-state index >= 15 is 0 Å².